The van der Waals surface area contributed by atoms with Crippen molar-refractivity contribution in [2.45, 2.75) is 26.4 Å². The number of rotatable bonds is 2. The van der Waals surface area contributed by atoms with E-state index < -0.39 is 0 Å². The van der Waals surface area contributed by atoms with Crippen molar-refractivity contribution in [1.82, 2.24) is 14.5 Å². The molecule has 4 nitrogen and oxygen atoms in total. The number of ether oxygens (including phenoxy) is 1. The molecular formula is C13H21N3O. The van der Waals surface area contributed by atoms with Crippen LogP contribution in [0.2, 0.25) is 0 Å². The quantitative estimate of drug-likeness (QED) is 0.773. The van der Waals surface area contributed by atoms with Gasteiger partial charge in [-0.1, -0.05) is 13.8 Å². The molecule has 0 spiro atoms. The number of imidazole rings is 1. The van der Waals surface area contributed by atoms with Crippen LogP contribution in [-0.4, -0.2) is 40.3 Å². The Morgan fingerprint density at radius 2 is 2.29 bits per heavy atom. The van der Waals surface area contributed by atoms with Crippen LogP contribution in [0.25, 0.3) is 0 Å². The van der Waals surface area contributed by atoms with Gasteiger partial charge in [-0.25, -0.2) is 4.98 Å². The highest BCUT2D eigenvalue weighted by Gasteiger charge is 2.49. The molecule has 2 atom stereocenters. The van der Waals surface area contributed by atoms with Gasteiger partial charge in [0.05, 0.1) is 25.2 Å². The Bertz CT molecular complexity index is 413. The number of likely N-dealkylation sites (tertiary alicyclic amines) is 1. The zero-order valence-electron chi connectivity index (χ0n) is 10.9. The van der Waals surface area contributed by atoms with Crippen LogP contribution in [0.5, 0.6) is 0 Å². The molecular weight excluding hydrogens is 214 g/mol. The molecule has 0 N–H and O–H groups in total. The minimum Gasteiger partial charge on any atom is -0.379 e. The van der Waals surface area contributed by atoms with Crippen LogP contribution >= 0.6 is 0 Å². The molecule has 0 amide bonds. The van der Waals surface area contributed by atoms with E-state index in [0.717, 1.165) is 26.3 Å². The second-order valence-corrected chi connectivity index (χ2v) is 6.10. The number of nitrogens with zero attached hydrogens (tertiary/aromatic N) is 3. The molecule has 1 aromatic rings. The molecule has 2 saturated heterocycles. The van der Waals surface area contributed by atoms with E-state index in [-0.39, 0.29) is 0 Å². The van der Waals surface area contributed by atoms with E-state index in [1.54, 1.807) is 0 Å². The molecule has 0 bridgehead atoms. The first-order valence-corrected chi connectivity index (χ1v) is 6.35. The summed E-state index contributed by atoms with van der Waals surface area (Å²) < 4.78 is 7.77. The average Bonchev–Trinajstić information content (AvgIpc) is 2.90. The van der Waals surface area contributed by atoms with E-state index in [9.17, 15) is 0 Å². The minimum absolute atomic E-state index is 0.375. The Labute approximate surface area is 103 Å². The molecule has 2 fully saturated rings. The van der Waals surface area contributed by atoms with Gasteiger partial charge in [-0.3, -0.25) is 4.90 Å². The lowest BCUT2D eigenvalue weighted by Crippen LogP contribution is -2.32. The SMILES string of the molecule is Cn1cncc1CN1CC(C)(C)[C@@H]2COC[C@@H]21. The molecule has 17 heavy (non-hydrogen) atoms. The summed E-state index contributed by atoms with van der Waals surface area (Å²) in [6, 6.07) is 0.597. The highest BCUT2D eigenvalue weighted by Crippen LogP contribution is 2.43. The molecule has 0 saturated carbocycles. The Balaban J connectivity index is 1.79. The molecule has 4 heteroatoms. The van der Waals surface area contributed by atoms with Gasteiger partial charge in [0.15, 0.2) is 0 Å². The molecule has 0 radical (unpaired) electrons. The summed E-state index contributed by atoms with van der Waals surface area (Å²) in [5, 5.41) is 0. The number of fused-ring (bicyclic) bond motifs is 1. The zero-order chi connectivity index (χ0) is 12.0. The first-order valence-electron chi connectivity index (χ1n) is 6.35. The molecule has 0 aromatic carbocycles. The van der Waals surface area contributed by atoms with Gasteiger partial charge >= 0.3 is 0 Å². The van der Waals surface area contributed by atoms with Crippen LogP contribution in [0.4, 0.5) is 0 Å². The summed E-state index contributed by atoms with van der Waals surface area (Å²) in [4.78, 5) is 6.75. The molecule has 3 rings (SSSR count). The van der Waals surface area contributed by atoms with Crippen LogP contribution in [-0.2, 0) is 18.3 Å². The average molecular weight is 235 g/mol. The monoisotopic (exact) mass is 235 g/mol. The predicted octanol–water partition coefficient (Wildman–Crippen LogP) is 1.28. The smallest absolute Gasteiger partial charge is 0.0945 e. The fourth-order valence-corrected chi connectivity index (χ4v) is 3.33. The third-order valence-corrected chi connectivity index (χ3v) is 4.42. The highest BCUT2D eigenvalue weighted by molar-refractivity contribution is 5.05. The van der Waals surface area contributed by atoms with Crippen molar-refractivity contribution in [3.8, 4) is 0 Å². The van der Waals surface area contributed by atoms with Crippen LogP contribution in [0.15, 0.2) is 12.5 Å². The van der Waals surface area contributed by atoms with Crippen LogP contribution in [0.3, 0.4) is 0 Å². The standard InChI is InChI=1S/C13H21N3O/c1-13(2)8-16(12-7-17-6-11(12)13)5-10-4-14-9-15(10)3/h4,9,11-12H,5-8H2,1-3H3/t11-,12+/m1/s1. The lowest BCUT2D eigenvalue weighted by molar-refractivity contribution is 0.117. The van der Waals surface area contributed by atoms with Crippen LogP contribution < -0.4 is 0 Å². The van der Waals surface area contributed by atoms with E-state index >= 15 is 0 Å². The largest absolute Gasteiger partial charge is 0.379 e. The van der Waals surface area contributed by atoms with Crippen molar-refractivity contribution < 1.29 is 4.74 Å². The fourth-order valence-electron chi connectivity index (χ4n) is 3.33. The molecule has 0 aliphatic carbocycles. The summed E-state index contributed by atoms with van der Waals surface area (Å²) in [6.07, 6.45) is 3.84. The number of aromatic nitrogens is 2. The molecule has 3 heterocycles. The predicted molar refractivity (Wildman–Crippen MR) is 65.5 cm³/mol. The van der Waals surface area contributed by atoms with Gasteiger partial charge in [0.25, 0.3) is 0 Å². The van der Waals surface area contributed by atoms with Crippen LogP contribution in [0, 0.1) is 11.3 Å². The Morgan fingerprint density at radius 1 is 1.47 bits per heavy atom. The first-order chi connectivity index (χ1) is 8.08. The lowest BCUT2D eigenvalue weighted by atomic mass is 9.80. The molecule has 0 unspecified atom stereocenters. The van der Waals surface area contributed by atoms with Gasteiger partial charge in [0, 0.05) is 38.3 Å². The van der Waals surface area contributed by atoms with Gasteiger partial charge < -0.3 is 9.30 Å². The third-order valence-electron chi connectivity index (χ3n) is 4.42. The van der Waals surface area contributed by atoms with E-state index in [1.165, 1.54) is 5.69 Å². The number of hydrogen-bond donors (Lipinski definition) is 0. The van der Waals surface area contributed by atoms with Crippen molar-refractivity contribution in [2.24, 2.45) is 18.4 Å². The van der Waals surface area contributed by atoms with E-state index in [2.05, 4.69) is 35.3 Å². The van der Waals surface area contributed by atoms with Crippen LogP contribution in [0.1, 0.15) is 19.5 Å². The van der Waals surface area contributed by atoms with Crippen molar-refractivity contribution in [3.05, 3.63) is 18.2 Å². The van der Waals surface area contributed by atoms with Gasteiger partial charge in [0.2, 0.25) is 0 Å². The van der Waals surface area contributed by atoms with E-state index in [1.807, 2.05) is 12.5 Å². The topological polar surface area (TPSA) is 30.3 Å². The Morgan fingerprint density at radius 3 is 3.00 bits per heavy atom. The normalized spacial score (nSPS) is 31.9. The summed E-state index contributed by atoms with van der Waals surface area (Å²) in [6.45, 7) is 8.71. The number of hydrogen-bond acceptors (Lipinski definition) is 3. The fraction of sp³-hybridized carbons (Fsp3) is 0.769. The molecule has 2 aliphatic heterocycles. The van der Waals surface area contributed by atoms with E-state index in [4.69, 9.17) is 4.74 Å². The third kappa shape index (κ3) is 1.79. The second kappa shape index (κ2) is 3.82. The highest BCUT2D eigenvalue weighted by atomic mass is 16.5. The summed E-state index contributed by atoms with van der Waals surface area (Å²) >= 11 is 0. The summed E-state index contributed by atoms with van der Waals surface area (Å²) in [5.41, 5.74) is 1.66. The summed E-state index contributed by atoms with van der Waals surface area (Å²) in [7, 11) is 2.06. The number of aryl methyl sites for hydroxylation is 1. The van der Waals surface area contributed by atoms with E-state index in [0.29, 0.717) is 17.4 Å². The second-order valence-electron chi connectivity index (χ2n) is 6.10. The van der Waals surface area contributed by atoms with Crippen molar-refractivity contribution in [1.29, 1.82) is 0 Å². The van der Waals surface area contributed by atoms with Gasteiger partial charge in [0.1, 0.15) is 0 Å². The van der Waals surface area contributed by atoms with Crippen molar-refractivity contribution in [2.75, 3.05) is 19.8 Å². The Kier molecular flexibility index (Phi) is 2.52. The van der Waals surface area contributed by atoms with Crippen molar-refractivity contribution >= 4 is 0 Å². The lowest BCUT2D eigenvalue weighted by Gasteiger charge is -2.23. The van der Waals surface area contributed by atoms with Gasteiger partial charge in [-0.15, -0.1) is 0 Å². The van der Waals surface area contributed by atoms with Gasteiger partial charge in [-0.2, -0.15) is 0 Å². The zero-order valence-corrected chi connectivity index (χ0v) is 10.9. The molecule has 2 aliphatic rings. The molecule has 1 aromatic heterocycles. The maximum absolute atomic E-state index is 5.66. The van der Waals surface area contributed by atoms with Crippen molar-refractivity contribution in [3.63, 3.8) is 0 Å². The Hall–Kier alpha value is -0.870. The maximum Gasteiger partial charge on any atom is 0.0945 e. The first kappa shape index (κ1) is 11.2. The molecule has 94 valence electrons. The minimum atomic E-state index is 0.375. The maximum atomic E-state index is 5.66. The van der Waals surface area contributed by atoms with Gasteiger partial charge in [-0.05, 0) is 5.41 Å². The summed E-state index contributed by atoms with van der Waals surface area (Å²) in [5.74, 6) is 0.690.